The SMILES string of the molecule is CC(=Cc1sc2ccc(Cl)cc2c1Cl)[N+](=O)[O-]. The van der Waals surface area contributed by atoms with E-state index in [2.05, 4.69) is 0 Å². The van der Waals surface area contributed by atoms with Crippen molar-refractivity contribution in [2.75, 3.05) is 0 Å². The van der Waals surface area contributed by atoms with Gasteiger partial charge in [0.1, 0.15) is 0 Å². The maximum atomic E-state index is 10.6. The maximum Gasteiger partial charge on any atom is 0.244 e. The number of fused-ring (bicyclic) bond motifs is 1. The molecular weight excluding hydrogens is 281 g/mol. The van der Waals surface area contributed by atoms with Crippen LogP contribution in [-0.4, -0.2) is 4.92 Å². The van der Waals surface area contributed by atoms with Gasteiger partial charge in [-0.3, -0.25) is 10.1 Å². The van der Waals surface area contributed by atoms with Crippen LogP contribution in [0.15, 0.2) is 23.9 Å². The highest BCUT2D eigenvalue weighted by atomic mass is 35.5. The summed E-state index contributed by atoms with van der Waals surface area (Å²) in [5.74, 6) is 0. The number of halogens is 2. The molecule has 1 heterocycles. The van der Waals surface area contributed by atoms with E-state index in [4.69, 9.17) is 23.2 Å². The molecule has 0 amide bonds. The molecule has 1 aromatic carbocycles. The molecule has 0 atom stereocenters. The molecule has 0 fully saturated rings. The van der Waals surface area contributed by atoms with E-state index in [0.717, 1.165) is 10.1 Å². The van der Waals surface area contributed by atoms with Crippen molar-refractivity contribution in [3.05, 3.63) is 48.9 Å². The summed E-state index contributed by atoms with van der Waals surface area (Å²) >= 11 is 13.4. The molecule has 17 heavy (non-hydrogen) atoms. The van der Waals surface area contributed by atoms with Crippen molar-refractivity contribution in [3.8, 4) is 0 Å². The fourth-order valence-electron chi connectivity index (χ4n) is 1.39. The molecule has 3 nitrogen and oxygen atoms in total. The van der Waals surface area contributed by atoms with E-state index < -0.39 is 4.92 Å². The van der Waals surface area contributed by atoms with Gasteiger partial charge in [-0.25, -0.2) is 0 Å². The van der Waals surface area contributed by atoms with Gasteiger partial charge in [-0.1, -0.05) is 23.2 Å². The molecule has 0 unspecified atom stereocenters. The first-order valence-corrected chi connectivity index (χ1v) is 6.26. The Morgan fingerprint density at radius 2 is 2.18 bits per heavy atom. The van der Waals surface area contributed by atoms with Crippen LogP contribution in [0.3, 0.4) is 0 Å². The Morgan fingerprint density at radius 3 is 2.82 bits per heavy atom. The van der Waals surface area contributed by atoms with Crippen LogP contribution in [0.4, 0.5) is 0 Å². The summed E-state index contributed by atoms with van der Waals surface area (Å²) in [6.45, 7) is 1.44. The number of rotatable bonds is 2. The molecule has 88 valence electrons. The van der Waals surface area contributed by atoms with Crippen LogP contribution in [0.1, 0.15) is 11.8 Å². The van der Waals surface area contributed by atoms with E-state index >= 15 is 0 Å². The molecule has 0 aliphatic heterocycles. The normalized spacial score (nSPS) is 12.1. The summed E-state index contributed by atoms with van der Waals surface area (Å²) in [6.07, 6.45) is 1.47. The first-order valence-electron chi connectivity index (χ1n) is 4.69. The van der Waals surface area contributed by atoms with Gasteiger partial charge in [0.15, 0.2) is 0 Å². The van der Waals surface area contributed by atoms with Gasteiger partial charge >= 0.3 is 0 Å². The zero-order valence-corrected chi connectivity index (χ0v) is 11.1. The van der Waals surface area contributed by atoms with E-state index in [1.807, 2.05) is 6.07 Å². The molecule has 0 aliphatic carbocycles. The zero-order chi connectivity index (χ0) is 12.6. The van der Waals surface area contributed by atoms with Crippen LogP contribution >= 0.6 is 34.5 Å². The van der Waals surface area contributed by atoms with Crippen LogP contribution in [0.5, 0.6) is 0 Å². The molecule has 0 saturated heterocycles. The molecule has 0 aliphatic rings. The third kappa shape index (κ3) is 2.44. The lowest BCUT2D eigenvalue weighted by molar-refractivity contribution is -0.422. The molecule has 2 rings (SSSR count). The van der Waals surface area contributed by atoms with Crippen molar-refractivity contribution in [2.24, 2.45) is 0 Å². The number of thiophene rings is 1. The molecule has 0 spiro atoms. The first kappa shape index (κ1) is 12.4. The predicted molar refractivity (Wildman–Crippen MR) is 72.5 cm³/mol. The molecule has 2 aromatic rings. The van der Waals surface area contributed by atoms with Crippen molar-refractivity contribution in [3.63, 3.8) is 0 Å². The number of hydrogen-bond acceptors (Lipinski definition) is 3. The van der Waals surface area contributed by atoms with Crippen LogP contribution < -0.4 is 0 Å². The molecule has 1 aromatic heterocycles. The summed E-state index contributed by atoms with van der Waals surface area (Å²) in [7, 11) is 0. The topological polar surface area (TPSA) is 43.1 Å². The van der Waals surface area contributed by atoms with Crippen molar-refractivity contribution in [1.29, 1.82) is 0 Å². The molecule has 6 heteroatoms. The van der Waals surface area contributed by atoms with Crippen LogP contribution in [0, 0.1) is 10.1 Å². The van der Waals surface area contributed by atoms with E-state index in [1.165, 1.54) is 24.3 Å². The lowest BCUT2D eigenvalue weighted by Crippen LogP contribution is -1.92. The van der Waals surface area contributed by atoms with Crippen molar-refractivity contribution in [1.82, 2.24) is 0 Å². The second kappa shape index (κ2) is 4.64. The average molecular weight is 288 g/mol. The van der Waals surface area contributed by atoms with Gasteiger partial charge in [-0.05, 0) is 18.2 Å². The van der Waals surface area contributed by atoms with Gasteiger partial charge in [-0.2, -0.15) is 0 Å². The standard InChI is InChI=1S/C11H7Cl2NO2S/c1-6(14(15)16)4-10-11(13)8-5-7(12)2-3-9(8)17-10/h2-5H,1H3. The Hall–Kier alpha value is -1.10. The monoisotopic (exact) mass is 287 g/mol. The highest BCUT2D eigenvalue weighted by molar-refractivity contribution is 7.20. The second-order valence-electron chi connectivity index (χ2n) is 3.46. The van der Waals surface area contributed by atoms with Crippen LogP contribution in [0.25, 0.3) is 16.2 Å². The summed E-state index contributed by atoms with van der Waals surface area (Å²) in [4.78, 5) is 10.8. The van der Waals surface area contributed by atoms with E-state index in [9.17, 15) is 10.1 Å². The van der Waals surface area contributed by atoms with E-state index in [1.54, 1.807) is 12.1 Å². The number of hydrogen-bond donors (Lipinski definition) is 0. The summed E-state index contributed by atoms with van der Waals surface area (Å²) in [5.41, 5.74) is 0.0598. The molecule has 0 radical (unpaired) electrons. The number of benzene rings is 1. The minimum absolute atomic E-state index is 0.0598. The lowest BCUT2D eigenvalue weighted by atomic mass is 10.2. The van der Waals surface area contributed by atoms with Crippen molar-refractivity contribution >= 4 is 50.7 Å². The lowest BCUT2D eigenvalue weighted by Gasteiger charge is -1.91. The number of allylic oxidation sites excluding steroid dienone is 1. The van der Waals surface area contributed by atoms with Gasteiger partial charge in [-0.15, -0.1) is 11.3 Å². The molecule has 0 saturated carbocycles. The van der Waals surface area contributed by atoms with Crippen LogP contribution in [0.2, 0.25) is 10.0 Å². The average Bonchev–Trinajstić information content (AvgIpc) is 2.56. The first-order chi connectivity index (χ1) is 7.99. The third-order valence-electron chi connectivity index (χ3n) is 2.24. The third-order valence-corrected chi connectivity index (χ3v) is 4.11. The van der Waals surface area contributed by atoms with E-state index in [-0.39, 0.29) is 5.70 Å². The van der Waals surface area contributed by atoms with Gasteiger partial charge in [0.05, 0.1) is 14.8 Å². The number of nitro groups is 1. The summed E-state index contributed by atoms with van der Waals surface area (Å²) < 4.78 is 0.960. The summed E-state index contributed by atoms with van der Waals surface area (Å²) in [6, 6.07) is 5.38. The Bertz CT molecular complexity index is 634. The minimum Gasteiger partial charge on any atom is -0.259 e. The van der Waals surface area contributed by atoms with Gasteiger partial charge in [0.25, 0.3) is 0 Å². The fourth-order valence-corrected chi connectivity index (χ4v) is 3.02. The second-order valence-corrected chi connectivity index (χ2v) is 5.36. The molecule has 0 N–H and O–H groups in total. The molecule has 0 bridgehead atoms. The van der Waals surface area contributed by atoms with Gasteiger partial charge in [0, 0.05) is 28.1 Å². The fraction of sp³-hybridized carbons (Fsp3) is 0.0909. The van der Waals surface area contributed by atoms with Gasteiger partial charge < -0.3 is 0 Å². The molecular formula is C11H7Cl2NO2S. The Kier molecular flexibility index (Phi) is 3.38. The number of nitrogens with zero attached hydrogens (tertiary/aromatic N) is 1. The quantitative estimate of drug-likeness (QED) is 0.586. The van der Waals surface area contributed by atoms with Crippen molar-refractivity contribution < 1.29 is 4.92 Å². The summed E-state index contributed by atoms with van der Waals surface area (Å²) in [5, 5.41) is 12.5. The highest BCUT2D eigenvalue weighted by Gasteiger charge is 2.11. The van der Waals surface area contributed by atoms with Gasteiger partial charge in [0.2, 0.25) is 5.70 Å². The van der Waals surface area contributed by atoms with E-state index in [0.29, 0.717) is 14.9 Å². The largest absolute Gasteiger partial charge is 0.259 e. The Balaban J connectivity index is 2.61. The highest BCUT2D eigenvalue weighted by Crippen LogP contribution is 2.37. The van der Waals surface area contributed by atoms with Crippen LogP contribution in [-0.2, 0) is 0 Å². The Labute approximate surface area is 111 Å². The minimum atomic E-state index is -0.437. The smallest absolute Gasteiger partial charge is 0.244 e. The van der Waals surface area contributed by atoms with Crippen molar-refractivity contribution in [2.45, 2.75) is 6.92 Å². The Morgan fingerprint density at radius 1 is 1.47 bits per heavy atom. The predicted octanol–water partition coefficient (Wildman–Crippen LogP) is 4.85. The maximum absolute atomic E-state index is 10.6. The zero-order valence-electron chi connectivity index (χ0n) is 8.74.